The van der Waals surface area contributed by atoms with E-state index in [1.165, 1.54) is 11.8 Å². The van der Waals surface area contributed by atoms with Crippen LogP contribution in [0.15, 0.2) is 5.38 Å². The predicted molar refractivity (Wildman–Crippen MR) is 79.4 cm³/mol. The number of amides is 1. The van der Waals surface area contributed by atoms with Crippen LogP contribution in [0.5, 0.6) is 0 Å². The highest BCUT2D eigenvalue weighted by Gasteiger charge is 2.22. The number of aromatic nitrogens is 1. The Kier molecular flexibility index (Phi) is 7.17. The number of carbonyl (C=O) groups excluding carboxylic acids is 1. The number of thioether (sulfide) groups is 1. The Morgan fingerprint density at radius 2 is 2.14 bits per heavy atom. The van der Waals surface area contributed by atoms with Crippen molar-refractivity contribution in [2.75, 3.05) is 5.75 Å². The van der Waals surface area contributed by atoms with Gasteiger partial charge >= 0.3 is 11.9 Å². The van der Waals surface area contributed by atoms with E-state index in [-0.39, 0.29) is 6.42 Å². The summed E-state index contributed by atoms with van der Waals surface area (Å²) in [6.45, 7) is 1.92. The fourth-order valence-electron chi connectivity index (χ4n) is 1.46. The van der Waals surface area contributed by atoms with Gasteiger partial charge in [-0.15, -0.1) is 11.3 Å². The van der Waals surface area contributed by atoms with Crippen molar-refractivity contribution in [1.29, 1.82) is 0 Å². The molecular formula is C12H16N2O5S2. The first-order chi connectivity index (χ1) is 9.88. The Morgan fingerprint density at radius 1 is 1.43 bits per heavy atom. The summed E-state index contributed by atoms with van der Waals surface area (Å²) in [5.41, 5.74) is 0.956. The number of nitrogens with zero attached hydrogens (tertiary/aromatic N) is 1. The van der Waals surface area contributed by atoms with Gasteiger partial charge in [-0.3, -0.25) is 9.59 Å². The third kappa shape index (κ3) is 7.09. The molecule has 0 aliphatic carbocycles. The maximum atomic E-state index is 11.6. The number of hydrogen-bond acceptors (Lipinski definition) is 6. The average molecular weight is 332 g/mol. The zero-order valence-electron chi connectivity index (χ0n) is 11.4. The number of hydrogen-bond donors (Lipinski definition) is 3. The van der Waals surface area contributed by atoms with Crippen LogP contribution in [0.2, 0.25) is 0 Å². The van der Waals surface area contributed by atoms with Crippen LogP contribution >= 0.6 is 23.1 Å². The number of carboxylic acids is 2. The molecule has 0 aliphatic heterocycles. The molecule has 1 atom stereocenters. The van der Waals surface area contributed by atoms with Crippen LogP contribution in [0.25, 0.3) is 0 Å². The van der Waals surface area contributed by atoms with Crippen molar-refractivity contribution in [1.82, 2.24) is 10.3 Å². The van der Waals surface area contributed by atoms with Crippen molar-refractivity contribution in [2.24, 2.45) is 0 Å². The quantitative estimate of drug-likeness (QED) is 0.580. The fraction of sp³-hybridized carbons (Fsp3) is 0.500. The molecule has 1 aromatic heterocycles. The van der Waals surface area contributed by atoms with Crippen LogP contribution in [-0.4, -0.2) is 44.8 Å². The van der Waals surface area contributed by atoms with Gasteiger partial charge in [-0.1, -0.05) is 0 Å². The van der Waals surface area contributed by atoms with Gasteiger partial charge in [-0.25, -0.2) is 9.78 Å². The molecule has 0 radical (unpaired) electrons. The first-order valence-corrected chi connectivity index (χ1v) is 8.14. The smallest absolute Gasteiger partial charge is 0.326 e. The molecule has 0 fully saturated rings. The molecule has 116 valence electrons. The summed E-state index contributed by atoms with van der Waals surface area (Å²) < 4.78 is 0. The van der Waals surface area contributed by atoms with E-state index in [1.807, 2.05) is 12.3 Å². The maximum Gasteiger partial charge on any atom is 0.326 e. The molecular weight excluding hydrogens is 316 g/mol. The van der Waals surface area contributed by atoms with Gasteiger partial charge in [0.1, 0.15) is 6.04 Å². The lowest BCUT2D eigenvalue weighted by atomic mass is 10.2. The third-order valence-electron chi connectivity index (χ3n) is 2.40. The minimum absolute atomic E-state index is 0.136. The Morgan fingerprint density at radius 3 is 2.67 bits per heavy atom. The van der Waals surface area contributed by atoms with Gasteiger partial charge in [0.2, 0.25) is 5.91 Å². The lowest BCUT2D eigenvalue weighted by molar-refractivity contribution is -0.147. The lowest BCUT2D eigenvalue weighted by Gasteiger charge is -2.12. The van der Waals surface area contributed by atoms with E-state index in [0.717, 1.165) is 10.7 Å². The summed E-state index contributed by atoms with van der Waals surface area (Å²) in [7, 11) is 0. The van der Waals surface area contributed by atoms with E-state index >= 15 is 0 Å². The molecule has 3 N–H and O–H groups in total. The summed E-state index contributed by atoms with van der Waals surface area (Å²) in [6.07, 6.45) is -0.497. The molecule has 1 rings (SSSR count). The largest absolute Gasteiger partial charge is 0.481 e. The summed E-state index contributed by atoms with van der Waals surface area (Å²) >= 11 is 3.08. The number of thiazole rings is 1. The third-order valence-corrected chi connectivity index (χ3v) is 4.22. The Hall–Kier alpha value is -1.61. The molecule has 0 aliphatic rings. The molecule has 9 heteroatoms. The first kappa shape index (κ1) is 17.4. The van der Waals surface area contributed by atoms with Crippen molar-refractivity contribution in [3.63, 3.8) is 0 Å². The average Bonchev–Trinajstić information content (AvgIpc) is 2.79. The molecule has 0 spiro atoms. The zero-order valence-corrected chi connectivity index (χ0v) is 13.0. The van der Waals surface area contributed by atoms with Crippen LogP contribution < -0.4 is 5.32 Å². The molecule has 0 unspecified atom stereocenters. The van der Waals surface area contributed by atoms with E-state index < -0.39 is 30.3 Å². The molecule has 1 amide bonds. The summed E-state index contributed by atoms with van der Waals surface area (Å²) in [5, 5.41) is 22.5. The zero-order chi connectivity index (χ0) is 15.8. The highest BCUT2D eigenvalue weighted by Crippen LogP contribution is 2.15. The SMILES string of the molecule is Cc1nc(CSCCC(=O)N[C@@H](CC(=O)O)C(=O)O)cs1. The molecule has 7 nitrogen and oxygen atoms in total. The van der Waals surface area contributed by atoms with Crippen molar-refractivity contribution in [2.45, 2.75) is 31.6 Å². The van der Waals surface area contributed by atoms with Crippen LogP contribution in [-0.2, 0) is 20.1 Å². The normalized spacial score (nSPS) is 11.9. The molecule has 21 heavy (non-hydrogen) atoms. The number of rotatable bonds is 9. The van der Waals surface area contributed by atoms with Gasteiger partial charge < -0.3 is 15.5 Å². The van der Waals surface area contributed by atoms with Crippen molar-refractivity contribution >= 4 is 40.9 Å². The maximum absolute atomic E-state index is 11.6. The van der Waals surface area contributed by atoms with Gasteiger partial charge in [0.25, 0.3) is 0 Å². The van der Waals surface area contributed by atoms with Crippen LogP contribution in [0.1, 0.15) is 23.5 Å². The second kappa shape index (κ2) is 8.63. The minimum Gasteiger partial charge on any atom is -0.481 e. The van der Waals surface area contributed by atoms with Crippen LogP contribution in [0.3, 0.4) is 0 Å². The molecule has 0 saturated carbocycles. The van der Waals surface area contributed by atoms with Gasteiger partial charge in [-0.05, 0) is 6.92 Å². The summed E-state index contributed by atoms with van der Waals surface area (Å²) in [4.78, 5) is 37.1. The van der Waals surface area contributed by atoms with Crippen LogP contribution in [0.4, 0.5) is 0 Å². The number of aliphatic carboxylic acids is 2. The molecule has 1 heterocycles. The van der Waals surface area contributed by atoms with Gasteiger partial charge in [0, 0.05) is 23.3 Å². The second-order valence-corrected chi connectivity index (χ2v) is 6.38. The van der Waals surface area contributed by atoms with Gasteiger partial charge in [-0.2, -0.15) is 11.8 Å². The highest BCUT2D eigenvalue weighted by molar-refractivity contribution is 7.98. The Balaban J connectivity index is 2.26. The fourth-order valence-corrected chi connectivity index (χ4v) is 3.01. The van der Waals surface area contributed by atoms with E-state index in [2.05, 4.69) is 10.3 Å². The topological polar surface area (TPSA) is 117 Å². The monoisotopic (exact) mass is 332 g/mol. The van der Waals surface area contributed by atoms with Gasteiger partial charge in [0.15, 0.2) is 0 Å². The minimum atomic E-state index is -1.39. The Bertz CT molecular complexity index is 518. The predicted octanol–water partition coefficient (Wildman–Crippen LogP) is 1.12. The first-order valence-electron chi connectivity index (χ1n) is 6.11. The van der Waals surface area contributed by atoms with Gasteiger partial charge in [0.05, 0.1) is 17.1 Å². The number of carbonyl (C=O) groups is 3. The second-order valence-electron chi connectivity index (χ2n) is 4.22. The molecule has 0 aromatic carbocycles. The van der Waals surface area contributed by atoms with Crippen molar-refractivity contribution in [3.05, 3.63) is 16.1 Å². The molecule has 0 saturated heterocycles. The van der Waals surface area contributed by atoms with E-state index in [9.17, 15) is 14.4 Å². The molecule has 0 bridgehead atoms. The van der Waals surface area contributed by atoms with Crippen molar-refractivity contribution in [3.8, 4) is 0 Å². The lowest BCUT2D eigenvalue weighted by Crippen LogP contribution is -2.42. The standard InChI is InChI=1S/C12H16N2O5S2/c1-7-13-8(6-21-7)5-20-3-2-10(15)14-9(12(18)19)4-11(16)17/h6,9H,2-5H2,1H3,(H,14,15)(H,16,17)(H,18,19)/t9-/m0/s1. The Labute approximate surface area is 129 Å². The number of carboxylic acid groups (broad SMARTS) is 2. The van der Waals surface area contributed by atoms with E-state index in [4.69, 9.17) is 10.2 Å². The van der Waals surface area contributed by atoms with Crippen molar-refractivity contribution < 1.29 is 24.6 Å². The molecule has 1 aromatic rings. The van der Waals surface area contributed by atoms with E-state index in [0.29, 0.717) is 11.5 Å². The number of aryl methyl sites for hydroxylation is 1. The summed E-state index contributed by atoms with van der Waals surface area (Å²) in [6, 6.07) is -1.39. The highest BCUT2D eigenvalue weighted by atomic mass is 32.2. The van der Waals surface area contributed by atoms with Crippen LogP contribution in [0, 0.1) is 6.92 Å². The summed E-state index contributed by atoms with van der Waals surface area (Å²) in [5.74, 6) is -1.88. The number of nitrogens with one attached hydrogen (secondary N) is 1. The van der Waals surface area contributed by atoms with E-state index in [1.54, 1.807) is 11.3 Å².